The van der Waals surface area contributed by atoms with Crippen molar-refractivity contribution in [2.24, 2.45) is 0 Å². The van der Waals surface area contributed by atoms with Gasteiger partial charge in [0, 0.05) is 23.5 Å². The molecular formula is C32H25N3O2. The van der Waals surface area contributed by atoms with E-state index in [1.165, 1.54) is 0 Å². The molecule has 0 spiro atoms. The van der Waals surface area contributed by atoms with Crippen LogP contribution in [0.3, 0.4) is 0 Å². The fourth-order valence-electron chi connectivity index (χ4n) is 4.32. The first-order valence-electron chi connectivity index (χ1n) is 11.9. The van der Waals surface area contributed by atoms with Crippen molar-refractivity contribution in [3.8, 4) is 23.3 Å². The Labute approximate surface area is 215 Å². The molecule has 0 aliphatic heterocycles. The van der Waals surface area contributed by atoms with Gasteiger partial charge in [0.15, 0.2) is 0 Å². The van der Waals surface area contributed by atoms with E-state index in [1.54, 1.807) is 23.0 Å². The fourth-order valence-corrected chi connectivity index (χ4v) is 4.32. The van der Waals surface area contributed by atoms with Crippen molar-refractivity contribution in [3.05, 3.63) is 129 Å². The van der Waals surface area contributed by atoms with E-state index in [0.717, 1.165) is 39.1 Å². The molecule has 3 aromatic carbocycles. The van der Waals surface area contributed by atoms with Crippen molar-refractivity contribution in [1.82, 2.24) is 14.5 Å². The zero-order valence-corrected chi connectivity index (χ0v) is 20.9. The van der Waals surface area contributed by atoms with E-state index >= 15 is 0 Å². The lowest BCUT2D eigenvalue weighted by atomic mass is 10.1. The number of hydrogen-bond acceptors (Lipinski definition) is 4. The molecule has 5 rings (SSSR count). The summed E-state index contributed by atoms with van der Waals surface area (Å²) in [7, 11) is 0. The smallest absolute Gasteiger partial charge is 0.266 e. The van der Waals surface area contributed by atoms with Crippen LogP contribution in [0.4, 0.5) is 0 Å². The highest BCUT2D eigenvalue weighted by Crippen LogP contribution is 2.24. The zero-order valence-electron chi connectivity index (χ0n) is 20.9. The van der Waals surface area contributed by atoms with E-state index in [9.17, 15) is 9.90 Å². The number of pyridine rings is 1. The Morgan fingerprint density at radius 1 is 0.838 bits per heavy atom. The molecule has 2 heterocycles. The molecule has 0 fully saturated rings. The molecule has 1 N–H and O–H groups in total. The molecule has 0 atom stereocenters. The van der Waals surface area contributed by atoms with Gasteiger partial charge in [-0.15, -0.1) is 0 Å². The van der Waals surface area contributed by atoms with Gasteiger partial charge in [0.2, 0.25) is 0 Å². The number of hydrogen-bond donors (Lipinski definition) is 1. The number of rotatable bonds is 3. The van der Waals surface area contributed by atoms with Crippen LogP contribution in [0.25, 0.3) is 28.7 Å². The third kappa shape index (κ3) is 4.91. The van der Waals surface area contributed by atoms with Crippen LogP contribution < -0.4 is 5.56 Å². The summed E-state index contributed by atoms with van der Waals surface area (Å²) in [4.78, 5) is 22.6. The monoisotopic (exact) mass is 483 g/mol. The summed E-state index contributed by atoms with van der Waals surface area (Å²) in [6.45, 7) is 5.70. The second-order valence-corrected chi connectivity index (χ2v) is 8.96. The molecule has 0 unspecified atom stereocenters. The van der Waals surface area contributed by atoms with Gasteiger partial charge in [-0.2, -0.15) is 0 Å². The third-order valence-corrected chi connectivity index (χ3v) is 6.19. The van der Waals surface area contributed by atoms with Crippen molar-refractivity contribution in [2.45, 2.75) is 20.8 Å². The minimum absolute atomic E-state index is 0.138. The summed E-state index contributed by atoms with van der Waals surface area (Å²) in [6.07, 6.45) is 7.20. The van der Waals surface area contributed by atoms with Gasteiger partial charge in [0.1, 0.15) is 11.6 Å². The summed E-state index contributed by atoms with van der Waals surface area (Å²) >= 11 is 0. The zero-order chi connectivity index (χ0) is 25.9. The number of aryl methyl sites for hydroxylation is 3. The van der Waals surface area contributed by atoms with E-state index < -0.39 is 0 Å². The number of aromatic hydroxyl groups is 1. The van der Waals surface area contributed by atoms with Crippen molar-refractivity contribution in [3.63, 3.8) is 0 Å². The van der Waals surface area contributed by atoms with Crippen LogP contribution in [-0.2, 0) is 0 Å². The van der Waals surface area contributed by atoms with Gasteiger partial charge in [-0.1, -0.05) is 30.0 Å². The Kier molecular flexibility index (Phi) is 6.40. The molecule has 0 amide bonds. The minimum atomic E-state index is -0.138. The maximum atomic E-state index is 13.7. The van der Waals surface area contributed by atoms with E-state index in [4.69, 9.17) is 4.98 Å². The van der Waals surface area contributed by atoms with Crippen LogP contribution in [0.15, 0.2) is 83.9 Å². The topological polar surface area (TPSA) is 68.0 Å². The first-order chi connectivity index (χ1) is 17.9. The van der Waals surface area contributed by atoms with Crippen molar-refractivity contribution >= 4 is 23.1 Å². The van der Waals surface area contributed by atoms with Gasteiger partial charge in [-0.25, -0.2) is 4.98 Å². The Morgan fingerprint density at radius 3 is 2.32 bits per heavy atom. The van der Waals surface area contributed by atoms with Crippen LogP contribution in [0.1, 0.15) is 39.2 Å². The van der Waals surface area contributed by atoms with E-state index in [1.807, 2.05) is 93.6 Å². The third-order valence-electron chi connectivity index (χ3n) is 6.19. The Hall–Kier alpha value is -4.95. The highest BCUT2D eigenvalue weighted by atomic mass is 16.3. The standard InChI is InChI=1S/C32H25N3O2/c1-21-17-24(10-11-25-7-6-16-33-20-25)12-14-29(21)35-30(34-28-9-5-4-8-27(28)32(35)37)15-13-26-18-22(2)31(36)23(3)19-26/h4-9,12-20,36H,1-3H3/b15-13+. The largest absolute Gasteiger partial charge is 0.507 e. The molecule has 0 aliphatic rings. The summed E-state index contributed by atoms with van der Waals surface area (Å²) in [6, 6.07) is 20.7. The summed E-state index contributed by atoms with van der Waals surface area (Å²) in [5.41, 5.74) is 6.34. The molecule has 5 aromatic rings. The van der Waals surface area contributed by atoms with Crippen LogP contribution in [0.5, 0.6) is 5.75 Å². The highest BCUT2D eigenvalue weighted by Gasteiger charge is 2.13. The number of para-hydroxylation sites is 1. The quantitative estimate of drug-likeness (QED) is 0.321. The molecule has 0 saturated heterocycles. The summed E-state index contributed by atoms with van der Waals surface area (Å²) in [5, 5.41) is 10.7. The molecular weight excluding hydrogens is 458 g/mol. The Balaban J connectivity index is 1.63. The Morgan fingerprint density at radius 2 is 1.59 bits per heavy atom. The van der Waals surface area contributed by atoms with Crippen molar-refractivity contribution < 1.29 is 5.11 Å². The molecule has 0 bridgehead atoms. The van der Waals surface area contributed by atoms with Crippen LogP contribution in [-0.4, -0.2) is 19.6 Å². The first kappa shape index (κ1) is 23.8. The summed E-state index contributed by atoms with van der Waals surface area (Å²) in [5.74, 6) is 7.11. The number of benzene rings is 3. The van der Waals surface area contributed by atoms with E-state index in [-0.39, 0.29) is 5.56 Å². The Bertz CT molecular complexity index is 1770. The van der Waals surface area contributed by atoms with Crippen molar-refractivity contribution in [2.75, 3.05) is 0 Å². The van der Waals surface area contributed by atoms with Crippen LogP contribution >= 0.6 is 0 Å². The fraction of sp³-hybridized carbons (Fsp3) is 0.0938. The molecule has 0 radical (unpaired) electrons. The van der Waals surface area contributed by atoms with Gasteiger partial charge in [0.25, 0.3) is 5.56 Å². The average molecular weight is 484 g/mol. The SMILES string of the molecule is Cc1cc(C#Cc2cccnc2)ccc1-n1c(/C=C/c2cc(C)c(O)c(C)c2)nc2ccccc2c1=O. The predicted molar refractivity (Wildman–Crippen MR) is 149 cm³/mol. The number of aromatic nitrogens is 3. The van der Waals surface area contributed by atoms with Crippen LogP contribution in [0.2, 0.25) is 0 Å². The maximum absolute atomic E-state index is 13.7. The van der Waals surface area contributed by atoms with E-state index in [0.29, 0.717) is 22.5 Å². The van der Waals surface area contributed by atoms with Gasteiger partial charge in [-0.05, 0) is 104 Å². The number of fused-ring (bicyclic) bond motifs is 1. The molecule has 5 nitrogen and oxygen atoms in total. The number of nitrogens with zero attached hydrogens (tertiary/aromatic N) is 3. The maximum Gasteiger partial charge on any atom is 0.266 e. The normalized spacial score (nSPS) is 11.0. The number of phenols is 1. The second-order valence-electron chi connectivity index (χ2n) is 8.96. The highest BCUT2D eigenvalue weighted by molar-refractivity contribution is 5.80. The van der Waals surface area contributed by atoms with Gasteiger partial charge in [-0.3, -0.25) is 14.3 Å². The van der Waals surface area contributed by atoms with Crippen LogP contribution in [0, 0.1) is 32.6 Å². The second kappa shape index (κ2) is 9.96. The molecule has 2 aromatic heterocycles. The average Bonchev–Trinajstić information content (AvgIpc) is 2.90. The molecule has 0 aliphatic carbocycles. The van der Waals surface area contributed by atoms with Crippen molar-refractivity contribution in [1.29, 1.82) is 0 Å². The predicted octanol–water partition coefficient (Wildman–Crippen LogP) is 5.98. The molecule has 0 saturated carbocycles. The lowest BCUT2D eigenvalue weighted by Crippen LogP contribution is -2.23. The summed E-state index contributed by atoms with van der Waals surface area (Å²) < 4.78 is 1.65. The minimum Gasteiger partial charge on any atom is -0.507 e. The van der Waals surface area contributed by atoms with Gasteiger partial charge in [0.05, 0.1) is 16.6 Å². The van der Waals surface area contributed by atoms with E-state index in [2.05, 4.69) is 16.8 Å². The molecule has 5 heteroatoms. The number of phenolic OH excluding ortho intramolecular Hbond substituents is 1. The lowest BCUT2D eigenvalue weighted by molar-refractivity contribution is 0.467. The first-order valence-corrected chi connectivity index (χ1v) is 11.9. The van der Waals surface area contributed by atoms with Gasteiger partial charge < -0.3 is 5.11 Å². The lowest BCUT2D eigenvalue weighted by Gasteiger charge is -2.14. The molecule has 37 heavy (non-hydrogen) atoms. The van der Waals surface area contributed by atoms with Gasteiger partial charge >= 0.3 is 0 Å². The molecule has 180 valence electrons.